The fourth-order valence-corrected chi connectivity index (χ4v) is 4.92. The molecule has 192 valence electrons. The largest absolute Gasteiger partial charge is 0.390 e. The number of β-amino-alcohol motifs (C(OH)–C–C–N with tert-alkyl or cyclic N) is 1. The predicted octanol–water partition coefficient (Wildman–Crippen LogP) is 4.18. The summed E-state index contributed by atoms with van der Waals surface area (Å²) < 4.78 is 0. The molecule has 3 aromatic rings. The Morgan fingerprint density at radius 2 is 1.65 bits per heavy atom. The molecular weight excluding hydrogens is 466 g/mol. The number of piperidine rings is 1. The topological polar surface area (TPSA) is 106 Å². The minimum Gasteiger partial charge on any atom is -0.390 e. The van der Waals surface area contributed by atoms with E-state index in [9.17, 15) is 14.7 Å². The Hall–Kier alpha value is -3.88. The third-order valence-corrected chi connectivity index (χ3v) is 6.87. The van der Waals surface area contributed by atoms with Crippen LogP contribution < -0.4 is 21.3 Å². The fourth-order valence-electron chi connectivity index (χ4n) is 4.92. The predicted molar refractivity (Wildman–Crippen MR) is 147 cm³/mol. The van der Waals surface area contributed by atoms with Gasteiger partial charge in [0.05, 0.1) is 17.4 Å². The van der Waals surface area contributed by atoms with Crippen LogP contribution in [-0.4, -0.2) is 54.1 Å². The maximum absolute atomic E-state index is 13.0. The number of carbonyl (C=O) groups excluding carboxylic acids is 2. The number of aliphatic hydroxyl groups is 1. The van der Waals surface area contributed by atoms with Crippen molar-refractivity contribution in [2.45, 2.75) is 31.9 Å². The maximum Gasteiger partial charge on any atom is 0.255 e. The summed E-state index contributed by atoms with van der Waals surface area (Å²) in [4.78, 5) is 27.9. The zero-order chi connectivity index (χ0) is 25.6. The van der Waals surface area contributed by atoms with Gasteiger partial charge >= 0.3 is 0 Å². The number of anilines is 4. The lowest BCUT2D eigenvalue weighted by molar-refractivity contribution is 0.0966. The molecule has 0 unspecified atom stereocenters. The molecule has 0 bridgehead atoms. The van der Waals surface area contributed by atoms with Gasteiger partial charge < -0.3 is 31.3 Å². The van der Waals surface area contributed by atoms with Gasteiger partial charge in [0, 0.05) is 47.8 Å². The van der Waals surface area contributed by atoms with Crippen LogP contribution in [0.15, 0.2) is 66.7 Å². The molecule has 2 aliphatic heterocycles. The van der Waals surface area contributed by atoms with Gasteiger partial charge in [0.2, 0.25) is 0 Å². The van der Waals surface area contributed by atoms with E-state index in [1.165, 1.54) is 19.3 Å². The van der Waals surface area contributed by atoms with Crippen LogP contribution in [0.5, 0.6) is 0 Å². The quantitative estimate of drug-likeness (QED) is 0.302. The van der Waals surface area contributed by atoms with E-state index in [0.29, 0.717) is 36.4 Å². The Labute approximate surface area is 217 Å². The molecule has 8 nitrogen and oxygen atoms in total. The van der Waals surface area contributed by atoms with Crippen molar-refractivity contribution < 1.29 is 14.7 Å². The summed E-state index contributed by atoms with van der Waals surface area (Å²) in [7, 11) is 0. The van der Waals surface area contributed by atoms with Crippen LogP contribution >= 0.6 is 0 Å². The summed E-state index contributed by atoms with van der Waals surface area (Å²) in [5, 5.41) is 22.7. The molecule has 0 radical (unpaired) electrons. The number of aliphatic hydroxyl groups excluding tert-OH is 1. The van der Waals surface area contributed by atoms with Crippen LogP contribution in [0.2, 0.25) is 0 Å². The standard InChI is InChI=1S/C29H33N5O3/c35-23(19-34-15-5-2-6-16-34)17-30-21-11-9-20(10-12-21)28(36)33-26-14-13-25(24-18-31-29(37)27(24)26)32-22-7-3-1-4-8-22/h1,3-4,7-14,23,30,32,35H,2,5-6,15-19H2,(H,31,37)(H,33,36)/t23-/m1/s1. The average Bonchev–Trinajstić information content (AvgIpc) is 3.32. The second-order valence-electron chi connectivity index (χ2n) is 9.62. The van der Waals surface area contributed by atoms with Crippen molar-refractivity contribution in [3.63, 3.8) is 0 Å². The van der Waals surface area contributed by atoms with Gasteiger partial charge in [-0.3, -0.25) is 9.59 Å². The number of carbonyl (C=O) groups is 2. The molecule has 0 aliphatic carbocycles. The molecule has 1 atom stereocenters. The number of likely N-dealkylation sites (tertiary alicyclic amines) is 1. The maximum atomic E-state index is 13.0. The molecule has 0 aromatic heterocycles. The number of para-hydroxylation sites is 1. The Bertz CT molecular complexity index is 1240. The molecule has 37 heavy (non-hydrogen) atoms. The van der Waals surface area contributed by atoms with Crippen molar-refractivity contribution in [1.29, 1.82) is 0 Å². The van der Waals surface area contributed by atoms with Crippen LogP contribution in [0, 0.1) is 0 Å². The first kappa shape index (κ1) is 24.8. The third kappa shape index (κ3) is 6.10. The summed E-state index contributed by atoms with van der Waals surface area (Å²) in [6.07, 6.45) is 3.23. The monoisotopic (exact) mass is 499 g/mol. The Morgan fingerprint density at radius 1 is 0.919 bits per heavy atom. The molecule has 0 saturated carbocycles. The zero-order valence-corrected chi connectivity index (χ0v) is 20.8. The summed E-state index contributed by atoms with van der Waals surface area (Å²) in [5.41, 5.74) is 4.87. The number of hydrogen-bond acceptors (Lipinski definition) is 6. The summed E-state index contributed by atoms with van der Waals surface area (Å²) in [6, 6.07) is 20.5. The van der Waals surface area contributed by atoms with Gasteiger partial charge in [-0.05, 0) is 74.5 Å². The SMILES string of the molecule is O=C(Nc1ccc(Nc2ccccc2)c2c1C(=O)NC2)c1ccc(NC[C@@H](O)CN2CCCCC2)cc1. The van der Waals surface area contributed by atoms with Crippen molar-refractivity contribution in [2.75, 3.05) is 42.1 Å². The smallest absolute Gasteiger partial charge is 0.255 e. The second kappa shape index (κ2) is 11.5. The lowest BCUT2D eigenvalue weighted by Crippen LogP contribution is -2.39. The molecule has 2 aliphatic rings. The number of nitrogens with zero attached hydrogens (tertiary/aromatic N) is 1. The molecule has 1 fully saturated rings. The van der Waals surface area contributed by atoms with E-state index in [1.54, 1.807) is 18.2 Å². The Morgan fingerprint density at radius 3 is 2.41 bits per heavy atom. The van der Waals surface area contributed by atoms with E-state index < -0.39 is 6.10 Å². The Balaban J connectivity index is 1.20. The highest BCUT2D eigenvalue weighted by molar-refractivity contribution is 6.11. The molecule has 8 heteroatoms. The van der Waals surface area contributed by atoms with Gasteiger partial charge in [0.25, 0.3) is 11.8 Å². The first-order valence-electron chi connectivity index (χ1n) is 12.9. The average molecular weight is 500 g/mol. The van der Waals surface area contributed by atoms with Crippen LogP contribution in [0.25, 0.3) is 0 Å². The molecule has 5 rings (SSSR count). The molecular formula is C29H33N5O3. The Kier molecular flexibility index (Phi) is 7.67. The number of benzene rings is 3. The first-order valence-corrected chi connectivity index (χ1v) is 12.9. The van der Waals surface area contributed by atoms with Gasteiger partial charge in [-0.1, -0.05) is 24.6 Å². The molecule has 3 aromatic carbocycles. The minimum atomic E-state index is -0.450. The van der Waals surface area contributed by atoms with Gasteiger partial charge in [0.1, 0.15) is 0 Å². The van der Waals surface area contributed by atoms with Gasteiger partial charge in [-0.25, -0.2) is 0 Å². The third-order valence-electron chi connectivity index (χ3n) is 6.87. The summed E-state index contributed by atoms with van der Waals surface area (Å²) in [5.74, 6) is -0.493. The highest BCUT2D eigenvalue weighted by Gasteiger charge is 2.26. The van der Waals surface area contributed by atoms with Crippen LogP contribution in [-0.2, 0) is 6.54 Å². The molecule has 2 amide bonds. The van der Waals surface area contributed by atoms with Crippen molar-refractivity contribution in [2.24, 2.45) is 0 Å². The van der Waals surface area contributed by atoms with Crippen molar-refractivity contribution in [1.82, 2.24) is 10.2 Å². The van der Waals surface area contributed by atoms with Gasteiger partial charge in [-0.15, -0.1) is 0 Å². The molecule has 2 heterocycles. The highest BCUT2D eigenvalue weighted by atomic mass is 16.3. The van der Waals surface area contributed by atoms with Crippen LogP contribution in [0.4, 0.5) is 22.7 Å². The van der Waals surface area contributed by atoms with E-state index in [1.807, 2.05) is 48.5 Å². The summed E-state index contributed by atoms with van der Waals surface area (Å²) in [6.45, 7) is 3.63. The van der Waals surface area contributed by atoms with Gasteiger partial charge in [0.15, 0.2) is 0 Å². The van der Waals surface area contributed by atoms with Crippen LogP contribution in [0.1, 0.15) is 45.5 Å². The van der Waals surface area contributed by atoms with E-state index in [-0.39, 0.29) is 11.8 Å². The highest BCUT2D eigenvalue weighted by Crippen LogP contribution is 2.33. The van der Waals surface area contributed by atoms with E-state index in [0.717, 1.165) is 35.7 Å². The van der Waals surface area contributed by atoms with E-state index >= 15 is 0 Å². The van der Waals surface area contributed by atoms with Crippen LogP contribution in [0.3, 0.4) is 0 Å². The van der Waals surface area contributed by atoms with Crippen molar-refractivity contribution in [3.05, 3.63) is 83.4 Å². The first-order chi connectivity index (χ1) is 18.1. The second-order valence-corrected chi connectivity index (χ2v) is 9.62. The number of hydrogen-bond donors (Lipinski definition) is 5. The van der Waals surface area contributed by atoms with E-state index in [4.69, 9.17) is 0 Å². The van der Waals surface area contributed by atoms with E-state index in [2.05, 4.69) is 26.2 Å². The molecule has 5 N–H and O–H groups in total. The summed E-state index contributed by atoms with van der Waals surface area (Å²) >= 11 is 0. The fraction of sp³-hybridized carbons (Fsp3) is 0.310. The van der Waals surface area contributed by atoms with Crippen molar-refractivity contribution in [3.8, 4) is 0 Å². The molecule has 0 spiro atoms. The van der Waals surface area contributed by atoms with Crippen molar-refractivity contribution >= 4 is 34.6 Å². The lowest BCUT2D eigenvalue weighted by atomic mass is 10.0. The number of fused-ring (bicyclic) bond motifs is 1. The normalized spacial score (nSPS) is 16.0. The molecule has 1 saturated heterocycles. The van der Waals surface area contributed by atoms with Gasteiger partial charge in [-0.2, -0.15) is 0 Å². The number of nitrogens with one attached hydrogen (secondary N) is 4. The number of rotatable bonds is 9. The zero-order valence-electron chi connectivity index (χ0n) is 20.8. The lowest BCUT2D eigenvalue weighted by Gasteiger charge is -2.28. The minimum absolute atomic E-state index is 0.204. The number of amides is 2.